The number of nitrogens with zero attached hydrogens (tertiary/aromatic N) is 3. The Balaban J connectivity index is 2.06. The molecule has 0 aliphatic carbocycles. The highest BCUT2D eigenvalue weighted by Crippen LogP contribution is 2.29. The van der Waals surface area contributed by atoms with Crippen molar-refractivity contribution in [2.75, 3.05) is 14.2 Å². The van der Waals surface area contributed by atoms with Gasteiger partial charge in [0, 0.05) is 24.7 Å². The normalized spacial score (nSPS) is 12.2. The van der Waals surface area contributed by atoms with E-state index in [1.54, 1.807) is 25.2 Å². The highest BCUT2D eigenvalue weighted by molar-refractivity contribution is 5.42. The summed E-state index contributed by atoms with van der Waals surface area (Å²) in [6, 6.07) is 5.93. The number of aromatic nitrogens is 3. The summed E-state index contributed by atoms with van der Waals surface area (Å²) >= 11 is 0. The third kappa shape index (κ3) is 3.27. The van der Waals surface area contributed by atoms with Crippen LogP contribution in [0.1, 0.15) is 24.4 Å². The van der Waals surface area contributed by atoms with Crippen LogP contribution in [0, 0.1) is 0 Å². The summed E-state index contributed by atoms with van der Waals surface area (Å²) in [6.07, 6.45) is 1.69. The standard InChI is InChI=1S/C14H20N4O2/c1-10(15-8-14-16-9-18(2)17-14)12-6-5-11(19-3)7-13(12)20-4/h5-7,9-10,15H,8H2,1-4H3. The van der Waals surface area contributed by atoms with Crippen LogP contribution in [0.25, 0.3) is 0 Å². The summed E-state index contributed by atoms with van der Waals surface area (Å²) in [5.41, 5.74) is 1.07. The first-order chi connectivity index (χ1) is 9.63. The third-order valence-corrected chi connectivity index (χ3v) is 3.12. The van der Waals surface area contributed by atoms with Crippen molar-refractivity contribution in [3.63, 3.8) is 0 Å². The smallest absolute Gasteiger partial charge is 0.164 e. The molecular weight excluding hydrogens is 256 g/mol. The Morgan fingerprint density at radius 1 is 1.30 bits per heavy atom. The van der Waals surface area contributed by atoms with E-state index >= 15 is 0 Å². The SMILES string of the molecule is COc1ccc(C(C)NCc2ncn(C)n2)c(OC)c1. The largest absolute Gasteiger partial charge is 0.497 e. The Morgan fingerprint density at radius 2 is 2.10 bits per heavy atom. The van der Waals surface area contributed by atoms with E-state index in [9.17, 15) is 0 Å². The summed E-state index contributed by atoms with van der Waals surface area (Å²) in [5.74, 6) is 2.36. The number of ether oxygens (including phenoxy) is 2. The second-order valence-electron chi connectivity index (χ2n) is 4.54. The molecule has 0 aliphatic rings. The van der Waals surface area contributed by atoms with Crippen molar-refractivity contribution in [1.29, 1.82) is 0 Å². The topological polar surface area (TPSA) is 61.2 Å². The van der Waals surface area contributed by atoms with Crippen LogP contribution in [0.2, 0.25) is 0 Å². The molecule has 2 rings (SSSR count). The fourth-order valence-electron chi connectivity index (χ4n) is 2.00. The fraction of sp³-hybridized carbons (Fsp3) is 0.429. The first kappa shape index (κ1) is 14.3. The van der Waals surface area contributed by atoms with Crippen molar-refractivity contribution in [3.05, 3.63) is 35.9 Å². The summed E-state index contributed by atoms with van der Waals surface area (Å²) in [7, 11) is 5.15. The lowest BCUT2D eigenvalue weighted by atomic mass is 10.1. The summed E-state index contributed by atoms with van der Waals surface area (Å²) in [4.78, 5) is 4.19. The van der Waals surface area contributed by atoms with E-state index in [2.05, 4.69) is 22.3 Å². The van der Waals surface area contributed by atoms with Gasteiger partial charge in [0.25, 0.3) is 0 Å². The van der Waals surface area contributed by atoms with E-state index in [4.69, 9.17) is 9.47 Å². The molecule has 20 heavy (non-hydrogen) atoms. The molecule has 1 aromatic carbocycles. The van der Waals surface area contributed by atoms with Crippen LogP contribution in [-0.4, -0.2) is 29.0 Å². The molecular formula is C14H20N4O2. The molecule has 6 nitrogen and oxygen atoms in total. The number of hydrogen-bond acceptors (Lipinski definition) is 5. The predicted molar refractivity (Wildman–Crippen MR) is 75.8 cm³/mol. The number of hydrogen-bond donors (Lipinski definition) is 1. The van der Waals surface area contributed by atoms with Gasteiger partial charge in [0.1, 0.15) is 17.8 Å². The van der Waals surface area contributed by atoms with E-state index in [1.165, 1.54) is 0 Å². The van der Waals surface area contributed by atoms with Gasteiger partial charge in [0.15, 0.2) is 5.82 Å². The molecule has 1 N–H and O–H groups in total. The van der Waals surface area contributed by atoms with Crippen LogP contribution < -0.4 is 14.8 Å². The molecule has 0 aliphatic heterocycles. The van der Waals surface area contributed by atoms with Crippen molar-refractivity contribution in [3.8, 4) is 11.5 Å². The van der Waals surface area contributed by atoms with Gasteiger partial charge in [-0.05, 0) is 13.0 Å². The average molecular weight is 276 g/mol. The Bertz CT molecular complexity index is 568. The number of rotatable bonds is 6. The van der Waals surface area contributed by atoms with Gasteiger partial charge in [-0.3, -0.25) is 4.68 Å². The molecule has 108 valence electrons. The molecule has 0 spiro atoms. The summed E-state index contributed by atoms with van der Waals surface area (Å²) in [6.45, 7) is 2.68. The van der Waals surface area contributed by atoms with E-state index in [0.29, 0.717) is 6.54 Å². The number of nitrogens with one attached hydrogen (secondary N) is 1. The number of aryl methyl sites for hydroxylation is 1. The minimum Gasteiger partial charge on any atom is -0.497 e. The van der Waals surface area contributed by atoms with Crippen molar-refractivity contribution in [2.24, 2.45) is 7.05 Å². The molecule has 0 saturated heterocycles. The zero-order valence-electron chi connectivity index (χ0n) is 12.3. The second kappa shape index (κ2) is 6.38. The maximum atomic E-state index is 5.41. The molecule has 6 heteroatoms. The van der Waals surface area contributed by atoms with Gasteiger partial charge < -0.3 is 14.8 Å². The fourth-order valence-corrected chi connectivity index (χ4v) is 2.00. The molecule has 0 saturated carbocycles. The van der Waals surface area contributed by atoms with Crippen LogP contribution in [0.3, 0.4) is 0 Å². The van der Waals surface area contributed by atoms with Gasteiger partial charge in [0.2, 0.25) is 0 Å². The number of benzene rings is 1. The quantitative estimate of drug-likeness (QED) is 0.870. The van der Waals surface area contributed by atoms with Gasteiger partial charge in [-0.15, -0.1) is 0 Å². The van der Waals surface area contributed by atoms with Crippen LogP contribution in [0.15, 0.2) is 24.5 Å². The minimum absolute atomic E-state index is 0.125. The lowest BCUT2D eigenvalue weighted by Crippen LogP contribution is -2.19. The van der Waals surface area contributed by atoms with Gasteiger partial charge >= 0.3 is 0 Å². The first-order valence-electron chi connectivity index (χ1n) is 6.44. The van der Waals surface area contributed by atoms with Gasteiger partial charge in [0.05, 0.1) is 20.8 Å². The third-order valence-electron chi connectivity index (χ3n) is 3.12. The summed E-state index contributed by atoms with van der Waals surface area (Å²) < 4.78 is 12.3. The van der Waals surface area contributed by atoms with Crippen molar-refractivity contribution < 1.29 is 9.47 Å². The monoisotopic (exact) mass is 276 g/mol. The molecule has 1 heterocycles. The Kier molecular flexibility index (Phi) is 4.57. The van der Waals surface area contributed by atoms with Crippen LogP contribution >= 0.6 is 0 Å². The van der Waals surface area contributed by atoms with E-state index in [0.717, 1.165) is 22.9 Å². The first-order valence-corrected chi connectivity index (χ1v) is 6.44. The number of methoxy groups -OCH3 is 2. The highest BCUT2D eigenvalue weighted by atomic mass is 16.5. The minimum atomic E-state index is 0.125. The van der Waals surface area contributed by atoms with Crippen LogP contribution in [0.4, 0.5) is 0 Å². The lowest BCUT2D eigenvalue weighted by Gasteiger charge is -2.17. The Labute approximate surface area is 118 Å². The predicted octanol–water partition coefficient (Wildman–Crippen LogP) is 1.68. The molecule has 0 radical (unpaired) electrons. The zero-order chi connectivity index (χ0) is 14.5. The second-order valence-corrected chi connectivity index (χ2v) is 4.54. The van der Waals surface area contributed by atoms with Crippen molar-refractivity contribution in [2.45, 2.75) is 19.5 Å². The zero-order valence-corrected chi connectivity index (χ0v) is 12.3. The molecule has 0 bridgehead atoms. The average Bonchev–Trinajstić information content (AvgIpc) is 2.89. The van der Waals surface area contributed by atoms with Crippen molar-refractivity contribution in [1.82, 2.24) is 20.1 Å². The molecule has 1 atom stereocenters. The highest BCUT2D eigenvalue weighted by Gasteiger charge is 2.12. The van der Waals surface area contributed by atoms with Gasteiger partial charge in [-0.2, -0.15) is 5.10 Å². The molecule has 2 aromatic rings. The Hall–Kier alpha value is -2.08. The maximum Gasteiger partial charge on any atom is 0.164 e. The Morgan fingerprint density at radius 3 is 2.70 bits per heavy atom. The van der Waals surface area contributed by atoms with Gasteiger partial charge in [-0.25, -0.2) is 4.98 Å². The lowest BCUT2D eigenvalue weighted by molar-refractivity contribution is 0.385. The van der Waals surface area contributed by atoms with Gasteiger partial charge in [-0.1, -0.05) is 6.07 Å². The van der Waals surface area contributed by atoms with Crippen LogP contribution in [0.5, 0.6) is 11.5 Å². The van der Waals surface area contributed by atoms with E-state index < -0.39 is 0 Å². The van der Waals surface area contributed by atoms with Crippen LogP contribution in [-0.2, 0) is 13.6 Å². The van der Waals surface area contributed by atoms with E-state index in [-0.39, 0.29) is 6.04 Å². The molecule has 0 fully saturated rings. The van der Waals surface area contributed by atoms with E-state index in [1.807, 2.05) is 25.2 Å². The molecule has 0 amide bonds. The maximum absolute atomic E-state index is 5.41. The van der Waals surface area contributed by atoms with Crippen molar-refractivity contribution >= 4 is 0 Å². The molecule has 1 unspecified atom stereocenters. The molecule has 1 aromatic heterocycles. The summed E-state index contributed by atoms with van der Waals surface area (Å²) in [5, 5.41) is 7.62.